The van der Waals surface area contributed by atoms with Gasteiger partial charge in [-0.05, 0) is 136 Å². The van der Waals surface area contributed by atoms with E-state index in [2.05, 4.69) is 16.0 Å². The number of carbonyl (C=O) groups is 3. The van der Waals surface area contributed by atoms with E-state index in [1.165, 1.54) is 19.3 Å². The van der Waals surface area contributed by atoms with Crippen molar-refractivity contribution in [2.45, 2.75) is 70.4 Å². The number of esters is 1. The minimum absolute atomic E-state index is 0.0569. The van der Waals surface area contributed by atoms with E-state index in [9.17, 15) is 14.4 Å². The largest absolute Gasteiger partial charge is 0.494 e. The highest BCUT2D eigenvalue weighted by molar-refractivity contribution is 6.04. The van der Waals surface area contributed by atoms with Gasteiger partial charge < -0.3 is 30.2 Å². The minimum Gasteiger partial charge on any atom is -0.494 e. The van der Waals surface area contributed by atoms with E-state index >= 15 is 0 Å². The van der Waals surface area contributed by atoms with Crippen LogP contribution in [0.4, 0.5) is 10.5 Å². The highest BCUT2D eigenvalue weighted by Gasteiger charge is 2.51. The van der Waals surface area contributed by atoms with Crippen molar-refractivity contribution in [3.8, 4) is 11.5 Å². The fourth-order valence-corrected chi connectivity index (χ4v) is 8.06. The second-order valence-corrected chi connectivity index (χ2v) is 13.3. The van der Waals surface area contributed by atoms with Crippen molar-refractivity contribution < 1.29 is 28.6 Å². The van der Waals surface area contributed by atoms with Crippen molar-refractivity contribution in [2.24, 2.45) is 17.8 Å². The van der Waals surface area contributed by atoms with Gasteiger partial charge in [0.05, 0.1) is 18.8 Å². The number of hydrogen-bond acceptors (Lipinski definition) is 6. The van der Waals surface area contributed by atoms with Gasteiger partial charge in [0, 0.05) is 29.8 Å². The maximum Gasteiger partial charge on any atom is 0.338 e. The van der Waals surface area contributed by atoms with Crippen molar-refractivity contribution in [3.05, 3.63) is 89.5 Å². The monoisotopic (exact) mass is 639 g/mol. The lowest BCUT2D eigenvalue weighted by Crippen LogP contribution is -2.61. The molecule has 0 radical (unpaired) electrons. The summed E-state index contributed by atoms with van der Waals surface area (Å²) in [5.41, 5.74) is 2.43. The first kappa shape index (κ1) is 32.4. The molecule has 4 fully saturated rings. The molecule has 0 aliphatic heterocycles. The SMILES string of the molecule is CCOC(=O)c1ccc(C(CCNC(=O)NC23CC4CC(CC(C4)C2)C3)Oc2ccc(C(=O)Nc3ccc(OCC)cc3)cc2)cc1. The summed E-state index contributed by atoms with van der Waals surface area (Å²) in [5.74, 6) is 2.97. The zero-order chi connectivity index (χ0) is 32.8. The predicted octanol–water partition coefficient (Wildman–Crippen LogP) is 7.29. The summed E-state index contributed by atoms with van der Waals surface area (Å²) in [5, 5.41) is 9.36. The summed E-state index contributed by atoms with van der Waals surface area (Å²) in [7, 11) is 0. The molecule has 3 aromatic carbocycles. The molecule has 1 atom stereocenters. The van der Waals surface area contributed by atoms with Crippen LogP contribution in [0.2, 0.25) is 0 Å². The van der Waals surface area contributed by atoms with Crippen molar-refractivity contribution >= 4 is 23.6 Å². The van der Waals surface area contributed by atoms with E-state index in [1.54, 1.807) is 55.5 Å². The molecule has 7 rings (SSSR count). The molecule has 3 amide bonds. The normalized spacial score (nSPS) is 23.0. The van der Waals surface area contributed by atoms with Crippen LogP contribution in [0.5, 0.6) is 11.5 Å². The average Bonchev–Trinajstić information content (AvgIpc) is 3.05. The summed E-state index contributed by atoms with van der Waals surface area (Å²) < 4.78 is 17.0. The number of urea groups is 1. The predicted molar refractivity (Wildman–Crippen MR) is 180 cm³/mol. The molecule has 0 heterocycles. The van der Waals surface area contributed by atoms with E-state index in [4.69, 9.17) is 14.2 Å². The van der Waals surface area contributed by atoms with E-state index in [0.717, 1.165) is 48.3 Å². The quantitative estimate of drug-likeness (QED) is 0.169. The summed E-state index contributed by atoms with van der Waals surface area (Å²) in [4.78, 5) is 38.2. The Balaban J connectivity index is 1.08. The summed E-state index contributed by atoms with van der Waals surface area (Å²) in [6.45, 7) is 4.99. The fraction of sp³-hybridized carbons (Fsp3) is 0.447. The number of amides is 3. The van der Waals surface area contributed by atoms with Gasteiger partial charge in [0.2, 0.25) is 0 Å². The third-order valence-corrected chi connectivity index (χ3v) is 9.72. The second kappa shape index (κ2) is 14.5. The summed E-state index contributed by atoms with van der Waals surface area (Å²) >= 11 is 0. The molecule has 4 saturated carbocycles. The third kappa shape index (κ3) is 8.07. The van der Waals surface area contributed by atoms with Gasteiger partial charge in [0.15, 0.2) is 0 Å². The molecule has 9 nitrogen and oxygen atoms in total. The Morgan fingerprint density at radius 1 is 0.766 bits per heavy atom. The number of anilines is 1. The highest BCUT2D eigenvalue weighted by Crippen LogP contribution is 2.55. The first-order valence-electron chi connectivity index (χ1n) is 17.0. The zero-order valence-corrected chi connectivity index (χ0v) is 27.3. The molecule has 4 aliphatic carbocycles. The van der Waals surface area contributed by atoms with Crippen molar-refractivity contribution in [2.75, 3.05) is 25.1 Å². The average molecular weight is 640 g/mol. The van der Waals surface area contributed by atoms with Gasteiger partial charge in [-0.15, -0.1) is 0 Å². The maximum atomic E-state index is 13.1. The molecule has 4 bridgehead atoms. The Kier molecular flexibility index (Phi) is 9.99. The lowest BCUT2D eigenvalue weighted by Gasteiger charge is -2.56. The molecule has 3 N–H and O–H groups in total. The lowest BCUT2D eigenvalue weighted by molar-refractivity contribution is -0.0135. The Morgan fingerprint density at radius 3 is 1.96 bits per heavy atom. The van der Waals surface area contributed by atoms with Crippen LogP contribution in [0.1, 0.15) is 91.2 Å². The van der Waals surface area contributed by atoms with Crippen LogP contribution >= 0.6 is 0 Å². The van der Waals surface area contributed by atoms with Gasteiger partial charge >= 0.3 is 12.0 Å². The van der Waals surface area contributed by atoms with Gasteiger partial charge in [-0.2, -0.15) is 0 Å². The van der Waals surface area contributed by atoms with Gasteiger partial charge in [-0.3, -0.25) is 4.79 Å². The van der Waals surface area contributed by atoms with Crippen LogP contribution in [0.3, 0.4) is 0 Å². The van der Waals surface area contributed by atoms with Crippen LogP contribution in [0, 0.1) is 17.8 Å². The van der Waals surface area contributed by atoms with Crippen molar-refractivity contribution in [1.29, 1.82) is 0 Å². The summed E-state index contributed by atoms with van der Waals surface area (Å²) in [6, 6.07) is 21.2. The molecule has 3 aromatic rings. The van der Waals surface area contributed by atoms with Gasteiger partial charge in [0.25, 0.3) is 5.91 Å². The molecule has 4 aliphatic rings. The molecular formula is C38H45N3O6. The first-order valence-corrected chi connectivity index (χ1v) is 17.0. The maximum absolute atomic E-state index is 13.1. The smallest absolute Gasteiger partial charge is 0.338 e. The number of rotatable bonds is 13. The fourth-order valence-electron chi connectivity index (χ4n) is 8.06. The lowest BCUT2D eigenvalue weighted by atomic mass is 9.53. The molecule has 0 saturated heterocycles. The van der Waals surface area contributed by atoms with Crippen LogP contribution < -0.4 is 25.4 Å². The Labute approximate surface area is 276 Å². The topological polar surface area (TPSA) is 115 Å². The van der Waals surface area contributed by atoms with Crippen LogP contribution in [-0.4, -0.2) is 43.2 Å². The van der Waals surface area contributed by atoms with E-state index in [-0.39, 0.29) is 23.4 Å². The molecule has 47 heavy (non-hydrogen) atoms. The highest BCUT2D eigenvalue weighted by atomic mass is 16.5. The second-order valence-electron chi connectivity index (χ2n) is 13.3. The van der Waals surface area contributed by atoms with Crippen LogP contribution in [0.15, 0.2) is 72.8 Å². The number of benzene rings is 3. The van der Waals surface area contributed by atoms with E-state index in [0.29, 0.717) is 48.7 Å². The molecule has 0 aromatic heterocycles. The van der Waals surface area contributed by atoms with Crippen molar-refractivity contribution in [1.82, 2.24) is 10.6 Å². The minimum atomic E-state index is -0.408. The third-order valence-electron chi connectivity index (χ3n) is 9.72. The van der Waals surface area contributed by atoms with E-state index in [1.807, 2.05) is 31.2 Å². The van der Waals surface area contributed by atoms with Crippen LogP contribution in [0.25, 0.3) is 0 Å². The summed E-state index contributed by atoms with van der Waals surface area (Å²) in [6.07, 6.45) is 7.36. The van der Waals surface area contributed by atoms with Gasteiger partial charge in [-0.25, -0.2) is 9.59 Å². The molecule has 1 unspecified atom stereocenters. The number of hydrogen-bond donors (Lipinski definition) is 3. The molecule has 0 spiro atoms. The first-order chi connectivity index (χ1) is 22.8. The number of ether oxygens (including phenoxy) is 3. The van der Waals surface area contributed by atoms with Crippen molar-refractivity contribution in [3.63, 3.8) is 0 Å². The Morgan fingerprint density at radius 2 is 1.36 bits per heavy atom. The Bertz CT molecular complexity index is 1500. The Hall–Kier alpha value is -4.53. The molecule has 9 heteroatoms. The van der Waals surface area contributed by atoms with Gasteiger partial charge in [0.1, 0.15) is 17.6 Å². The number of nitrogens with one attached hydrogen (secondary N) is 3. The van der Waals surface area contributed by atoms with E-state index < -0.39 is 6.10 Å². The molecular weight excluding hydrogens is 594 g/mol. The zero-order valence-electron chi connectivity index (χ0n) is 27.3. The van der Waals surface area contributed by atoms with Crippen LogP contribution in [-0.2, 0) is 4.74 Å². The number of carbonyl (C=O) groups excluding carboxylic acids is 3. The standard InChI is InChI=1S/C38H45N3O6/c1-3-45-32-15-11-31(12-16-32)40-35(42)29-9-13-33(14-10-29)47-34(28-5-7-30(8-6-28)36(43)46-4-2)17-18-39-37(44)41-38-22-25-19-26(23-38)21-27(20-25)24-38/h5-16,25-27,34H,3-4,17-24H2,1-2H3,(H,40,42)(H2,39,41,44). The molecule has 248 valence electrons. The van der Waals surface area contributed by atoms with Gasteiger partial charge in [-0.1, -0.05) is 12.1 Å².